The Morgan fingerprint density at radius 2 is 1.71 bits per heavy atom. The van der Waals surface area contributed by atoms with E-state index >= 15 is 0 Å². The van der Waals surface area contributed by atoms with Crippen LogP contribution in [0.25, 0.3) is 0 Å². The highest BCUT2D eigenvalue weighted by Gasteiger charge is 2.28. The first-order valence-electron chi connectivity index (χ1n) is 10.4. The highest BCUT2D eigenvalue weighted by atomic mass is 16.2. The van der Waals surface area contributed by atoms with Gasteiger partial charge in [0.25, 0.3) is 0 Å². The predicted octanol–water partition coefficient (Wildman–Crippen LogP) is 4.06. The summed E-state index contributed by atoms with van der Waals surface area (Å²) in [7, 11) is 0. The van der Waals surface area contributed by atoms with Crippen molar-refractivity contribution in [2.24, 2.45) is 11.8 Å². The van der Waals surface area contributed by atoms with E-state index < -0.39 is 0 Å². The molecule has 1 saturated heterocycles. The minimum atomic E-state index is -0.102. The molecule has 4 nitrogen and oxygen atoms in total. The Bertz CT molecular complexity index is 826. The van der Waals surface area contributed by atoms with Crippen molar-refractivity contribution < 1.29 is 9.59 Å². The Labute approximate surface area is 166 Å². The summed E-state index contributed by atoms with van der Waals surface area (Å²) >= 11 is 0. The molecule has 0 saturated carbocycles. The van der Waals surface area contributed by atoms with Crippen LogP contribution in [0.1, 0.15) is 36.8 Å². The molecule has 0 aromatic heterocycles. The van der Waals surface area contributed by atoms with Crippen LogP contribution in [-0.4, -0.2) is 29.8 Å². The van der Waals surface area contributed by atoms with Crippen molar-refractivity contribution in [3.63, 3.8) is 0 Å². The number of nitrogens with zero attached hydrogens (tertiary/aromatic N) is 1. The molecular formula is C24H28N2O2. The third-order valence-corrected chi connectivity index (χ3v) is 6.15. The maximum Gasteiger partial charge on any atom is 0.227 e. The fourth-order valence-corrected chi connectivity index (χ4v) is 4.44. The van der Waals surface area contributed by atoms with Crippen LogP contribution in [0.3, 0.4) is 0 Å². The molecule has 1 fully saturated rings. The number of nitrogens with one attached hydrogen (secondary N) is 1. The van der Waals surface area contributed by atoms with Crippen molar-refractivity contribution in [1.82, 2.24) is 4.90 Å². The third-order valence-electron chi connectivity index (χ3n) is 6.15. The molecule has 2 heterocycles. The number of rotatable bonds is 5. The van der Waals surface area contributed by atoms with Crippen molar-refractivity contribution in [2.75, 3.05) is 18.4 Å². The first kappa shape index (κ1) is 18.7. The lowest BCUT2D eigenvalue weighted by molar-refractivity contribution is -0.133. The Balaban J connectivity index is 1.23. The zero-order chi connectivity index (χ0) is 19.3. The Morgan fingerprint density at radius 3 is 2.50 bits per heavy atom. The van der Waals surface area contributed by atoms with Gasteiger partial charge < -0.3 is 10.2 Å². The van der Waals surface area contributed by atoms with Gasteiger partial charge >= 0.3 is 0 Å². The molecule has 0 bridgehead atoms. The van der Waals surface area contributed by atoms with Gasteiger partial charge in [-0.25, -0.2) is 0 Å². The molecule has 2 aromatic carbocycles. The Morgan fingerprint density at radius 1 is 1.00 bits per heavy atom. The molecule has 146 valence electrons. The molecule has 2 amide bonds. The lowest BCUT2D eigenvalue weighted by atomic mass is 9.88. The van der Waals surface area contributed by atoms with Gasteiger partial charge in [-0.1, -0.05) is 48.5 Å². The quantitative estimate of drug-likeness (QED) is 0.855. The van der Waals surface area contributed by atoms with Crippen molar-refractivity contribution in [3.05, 3.63) is 65.7 Å². The highest BCUT2D eigenvalue weighted by molar-refractivity contribution is 5.96. The van der Waals surface area contributed by atoms with Crippen LogP contribution in [0, 0.1) is 11.8 Å². The summed E-state index contributed by atoms with van der Waals surface area (Å²) in [5.41, 5.74) is 3.47. The summed E-state index contributed by atoms with van der Waals surface area (Å²) in [6, 6.07) is 18.5. The maximum atomic E-state index is 12.7. The second-order valence-corrected chi connectivity index (χ2v) is 8.10. The SMILES string of the molecule is O=C1Nc2ccccc2CC1CCC(=O)N1CCC(Cc2ccccc2)CC1. The largest absolute Gasteiger partial charge is 0.343 e. The number of carbonyl (C=O) groups is 2. The molecule has 1 N–H and O–H groups in total. The van der Waals surface area contributed by atoms with Gasteiger partial charge in [0.1, 0.15) is 0 Å². The lowest BCUT2D eigenvalue weighted by Crippen LogP contribution is -2.39. The summed E-state index contributed by atoms with van der Waals surface area (Å²) < 4.78 is 0. The number of likely N-dealkylation sites (tertiary alicyclic amines) is 1. The molecule has 4 heteroatoms. The number of piperidine rings is 1. The number of hydrogen-bond donors (Lipinski definition) is 1. The normalized spacial score (nSPS) is 19.8. The van der Waals surface area contributed by atoms with Gasteiger partial charge in [0, 0.05) is 31.1 Å². The number of benzene rings is 2. The van der Waals surface area contributed by atoms with E-state index in [1.165, 1.54) is 11.1 Å². The van der Waals surface area contributed by atoms with Gasteiger partial charge in [-0.2, -0.15) is 0 Å². The van der Waals surface area contributed by atoms with Gasteiger partial charge in [-0.05, 0) is 55.2 Å². The standard InChI is InChI=1S/C24H28N2O2/c27-23(11-10-21-17-20-8-4-5-9-22(20)25-24(21)28)26-14-12-19(13-15-26)16-18-6-2-1-3-7-18/h1-9,19,21H,10-17H2,(H,25,28). The number of amides is 2. The van der Waals surface area contributed by atoms with Crippen LogP contribution in [0.2, 0.25) is 0 Å². The average molecular weight is 377 g/mol. The molecular weight excluding hydrogens is 348 g/mol. The van der Waals surface area contributed by atoms with E-state index in [9.17, 15) is 9.59 Å². The van der Waals surface area contributed by atoms with Crippen molar-refractivity contribution in [2.45, 2.75) is 38.5 Å². The monoisotopic (exact) mass is 376 g/mol. The van der Waals surface area contributed by atoms with Gasteiger partial charge in [0.2, 0.25) is 11.8 Å². The van der Waals surface area contributed by atoms with Crippen molar-refractivity contribution in [1.29, 1.82) is 0 Å². The van der Waals surface area contributed by atoms with E-state index in [1.54, 1.807) is 0 Å². The smallest absolute Gasteiger partial charge is 0.227 e. The number of hydrogen-bond acceptors (Lipinski definition) is 2. The van der Waals surface area contributed by atoms with Crippen LogP contribution in [0.4, 0.5) is 5.69 Å². The summed E-state index contributed by atoms with van der Waals surface area (Å²) in [6.45, 7) is 1.69. The first-order valence-corrected chi connectivity index (χ1v) is 10.4. The van der Waals surface area contributed by atoms with E-state index in [2.05, 4.69) is 41.7 Å². The van der Waals surface area contributed by atoms with Gasteiger partial charge in [0.05, 0.1) is 0 Å². The molecule has 0 radical (unpaired) electrons. The second-order valence-electron chi connectivity index (χ2n) is 8.10. The van der Waals surface area contributed by atoms with E-state index in [0.29, 0.717) is 18.8 Å². The second kappa shape index (κ2) is 8.59. The Kier molecular flexibility index (Phi) is 5.75. The minimum Gasteiger partial charge on any atom is -0.343 e. The highest BCUT2D eigenvalue weighted by Crippen LogP contribution is 2.28. The third kappa shape index (κ3) is 4.44. The van der Waals surface area contributed by atoms with Crippen LogP contribution in [-0.2, 0) is 22.4 Å². The van der Waals surface area contributed by atoms with Crippen LogP contribution in [0.15, 0.2) is 54.6 Å². The summed E-state index contributed by atoms with van der Waals surface area (Å²) in [6.07, 6.45) is 5.06. The molecule has 2 aromatic rings. The van der Waals surface area contributed by atoms with Gasteiger partial charge in [-0.15, -0.1) is 0 Å². The molecule has 1 unspecified atom stereocenters. The average Bonchev–Trinajstić information content (AvgIpc) is 2.73. The fourth-order valence-electron chi connectivity index (χ4n) is 4.44. The van der Waals surface area contributed by atoms with E-state index in [1.807, 2.05) is 23.1 Å². The van der Waals surface area contributed by atoms with E-state index in [-0.39, 0.29) is 17.7 Å². The van der Waals surface area contributed by atoms with Crippen molar-refractivity contribution >= 4 is 17.5 Å². The molecule has 4 rings (SSSR count). The van der Waals surface area contributed by atoms with Crippen LogP contribution in [0.5, 0.6) is 0 Å². The molecule has 1 atom stereocenters. The topological polar surface area (TPSA) is 49.4 Å². The summed E-state index contributed by atoms with van der Waals surface area (Å²) in [4.78, 5) is 27.0. The minimum absolute atomic E-state index is 0.0491. The molecule has 2 aliphatic heterocycles. The molecule has 0 aliphatic carbocycles. The number of fused-ring (bicyclic) bond motifs is 1. The van der Waals surface area contributed by atoms with Crippen molar-refractivity contribution in [3.8, 4) is 0 Å². The van der Waals surface area contributed by atoms with E-state index in [4.69, 9.17) is 0 Å². The van der Waals surface area contributed by atoms with Gasteiger partial charge in [-0.3, -0.25) is 9.59 Å². The van der Waals surface area contributed by atoms with Crippen LogP contribution >= 0.6 is 0 Å². The number of para-hydroxylation sites is 1. The summed E-state index contributed by atoms with van der Waals surface area (Å²) in [5.74, 6) is 0.805. The Hall–Kier alpha value is -2.62. The summed E-state index contributed by atoms with van der Waals surface area (Å²) in [5, 5.41) is 2.98. The maximum absolute atomic E-state index is 12.7. The first-order chi connectivity index (χ1) is 13.7. The number of carbonyl (C=O) groups excluding carboxylic acids is 2. The van der Waals surface area contributed by atoms with E-state index in [0.717, 1.165) is 44.5 Å². The lowest BCUT2D eigenvalue weighted by Gasteiger charge is -2.32. The number of anilines is 1. The molecule has 28 heavy (non-hydrogen) atoms. The zero-order valence-corrected chi connectivity index (χ0v) is 16.3. The predicted molar refractivity (Wildman–Crippen MR) is 111 cm³/mol. The molecule has 0 spiro atoms. The fraction of sp³-hybridized carbons (Fsp3) is 0.417. The molecule has 2 aliphatic rings. The van der Waals surface area contributed by atoms with Gasteiger partial charge in [0.15, 0.2) is 0 Å². The zero-order valence-electron chi connectivity index (χ0n) is 16.3. The van der Waals surface area contributed by atoms with Crippen LogP contribution < -0.4 is 5.32 Å².